The summed E-state index contributed by atoms with van der Waals surface area (Å²) in [7, 11) is -3.62. The molecule has 2 amide bonds. The number of piperidine rings is 1. The SMILES string of the molecule is O=C(NC1CC1)c1cccc(NC(=O)C2CCN(S(=O)(=O)c3ccc4ccccc4c3)CC2)c1. The number of hydrogen-bond donors (Lipinski definition) is 2. The first-order chi connectivity index (χ1) is 16.4. The molecular formula is C26H27N3O4S. The fraction of sp³-hybridized carbons (Fsp3) is 0.308. The van der Waals surface area contributed by atoms with E-state index < -0.39 is 10.0 Å². The Morgan fingerprint density at radius 2 is 1.56 bits per heavy atom. The average Bonchev–Trinajstić information content (AvgIpc) is 3.68. The summed E-state index contributed by atoms with van der Waals surface area (Å²) in [6, 6.07) is 20.0. The van der Waals surface area contributed by atoms with Gasteiger partial charge >= 0.3 is 0 Å². The van der Waals surface area contributed by atoms with Crippen LogP contribution in [0.4, 0.5) is 5.69 Å². The average molecular weight is 478 g/mol. The van der Waals surface area contributed by atoms with Crippen LogP contribution in [0.15, 0.2) is 71.6 Å². The lowest BCUT2D eigenvalue weighted by molar-refractivity contribution is -0.120. The summed E-state index contributed by atoms with van der Waals surface area (Å²) in [5, 5.41) is 7.71. The Bertz CT molecular complexity index is 1340. The smallest absolute Gasteiger partial charge is 0.251 e. The molecule has 5 rings (SSSR count). The zero-order valence-electron chi connectivity index (χ0n) is 18.7. The second-order valence-electron chi connectivity index (χ2n) is 9.01. The summed E-state index contributed by atoms with van der Waals surface area (Å²) < 4.78 is 27.8. The minimum Gasteiger partial charge on any atom is -0.349 e. The number of sulfonamides is 1. The molecule has 2 N–H and O–H groups in total. The van der Waals surface area contributed by atoms with Crippen molar-refractivity contribution >= 4 is 38.3 Å². The number of carbonyl (C=O) groups excluding carboxylic acids is 2. The van der Waals surface area contributed by atoms with E-state index in [0.717, 1.165) is 23.6 Å². The van der Waals surface area contributed by atoms with Crippen LogP contribution >= 0.6 is 0 Å². The summed E-state index contributed by atoms with van der Waals surface area (Å²) >= 11 is 0. The van der Waals surface area contributed by atoms with E-state index in [1.54, 1.807) is 36.4 Å². The number of nitrogens with zero attached hydrogens (tertiary/aromatic N) is 1. The van der Waals surface area contributed by atoms with Gasteiger partial charge in [0.15, 0.2) is 0 Å². The number of benzene rings is 3. The van der Waals surface area contributed by atoms with Crippen molar-refractivity contribution in [2.75, 3.05) is 18.4 Å². The first-order valence-corrected chi connectivity index (χ1v) is 13.0. The van der Waals surface area contributed by atoms with E-state index in [0.29, 0.717) is 24.1 Å². The number of anilines is 1. The highest BCUT2D eigenvalue weighted by atomic mass is 32.2. The molecule has 8 heteroatoms. The molecule has 3 aromatic rings. The molecule has 0 atom stereocenters. The molecule has 0 bridgehead atoms. The molecule has 0 aromatic heterocycles. The molecule has 0 unspecified atom stereocenters. The molecule has 1 aliphatic carbocycles. The van der Waals surface area contributed by atoms with Crippen molar-refractivity contribution < 1.29 is 18.0 Å². The lowest BCUT2D eigenvalue weighted by Crippen LogP contribution is -2.41. The van der Waals surface area contributed by atoms with Gasteiger partial charge in [-0.05, 0) is 66.8 Å². The molecule has 2 aliphatic rings. The van der Waals surface area contributed by atoms with E-state index in [9.17, 15) is 18.0 Å². The van der Waals surface area contributed by atoms with E-state index in [1.807, 2.05) is 30.3 Å². The van der Waals surface area contributed by atoms with Crippen LogP contribution in [0.25, 0.3) is 10.8 Å². The monoisotopic (exact) mass is 477 g/mol. The van der Waals surface area contributed by atoms with Crippen molar-refractivity contribution in [1.82, 2.24) is 9.62 Å². The highest BCUT2D eigenvalue weighted by molar-refractivity contribution is 7.89. The van der Waals surface area contributed by atoms with Crippen molar-refractivity contribution in [2.45, 2.75) is 36.6 Å². The van der Waals surface area contributed by atoms with Crippen LogP contribution in [-0.2, 0) is 14.8 Å². The first-order valence-electron chi connectivity index (χ1n) is 11.6. The van der Waals surface area contributed by atoms with E-state index in [2.05, 4.69) is 10.6 Å². The topological polar surface area (TPSA) is 95.6 Å². The third-order valence-corrected chi connectivity index (χ3v) is 8.38. The summed E-state index contributed by atoms with van der Waals surface area (Å²) in [5.41, 5.74) is 1.08. The zero-order valence-corrected chi connectivity index (χ0v) is 19.6. The maximum absolute atomic E-state index is 13.2. The predicted molar refractivity (Wildman–Crippen MR) is 131 cm³/mol. The number of fused-ring (bicyclic) bond motifs is 1. The Morgan fingerprint density at radius 1 is 0.824 bits per heavy atom. The van der Waals surface area contributed by atoms with Gasteiger partial charge in [-0.25, -0.2) is 8.42 Å². The zero-order chi connectivity index (χ0) is 23.7. The summed E-state index contributed by atoms with van der Waals surface area (Å²) in [6.07, 6.45) is 2.91. The molecule has 176 valence electrons. The standard InChI is InChI=1S/C26H27N3O4S/c30-25(28-23-7-3-6-21(16-23)26(31)27-22-9-10-22)19-12-14-29(15-13-19)34(32,33)24-11-8-18-4-1-2-5-20(18)17-24/h1-8,11,16-17,19,22H,9-10,12-15H2,(H,27,31)(H,28,30). The lowest BCUT2D eigenvalue weighted by Gasteiger charge is -2.30. The minimum absolute atomic E-state index is 0.134. The van der Waals surface area contributed by atoms with Gasteiger partial charge in [0, 0.05) is 36.3 Å². The maximum Gasteiger partial charge on any atom is 0.251 e. The van der Waals surface area contributed by atoms with Crippen LogP contribution in [0.3, 0.4) is 0 Å². The number of nitrogens with one attached hydrogen (secondary N) is 2. The Balaban J connectivity index is 1.20. The van der Waals surface area contributed by atoms with Crippen LogP contribution in [0, 0.1) is 5.92 Å². The fourth-order valence-electron chi connectivity index (χ4n) is 4.31. The molecule has 0 radical (unpaired) electrons. The maximum atomic E-state index is 13.2. The number of rotatable bonds is 6. The van der Waals surface area contributed by atoms with Crippen LogP contribution in [-0.4, -0.2) is 43.7 Å². The van der Waals surface area contributed by atoms with Gasteiger partial charge in [0.05, 0.1) is 4.90 Å². The van der Waals surface area contributed by atoms with Crippen molar-refractivity contribution in [2.24, 2.45) is 5.92 Å². The van der Waals surface area contributed by atoms with Gasteiger partial charge in [-0.2, -0.15) is 4.31 Å². The van der Waals surface area contributed by atoms with Gasteiger partial charge in [0.25, 0.3) is 5.91 Å². The molecule has 34 heavy (non-hydrogen) atoms. The van der Waals surface area contributed by atoms with Gasteiger partial charge in [0.2, 0.25) is 15.9 Å². The quantitative estimate of drug-likeness (QED) is 0.565. The largest absolute Gasteiger partial charge is 0.349 e. The molecular weight excluding hydrogens is 450 g/mol. The van der Waals surface area contributed by atoms with Gasteiger partial charge in [-0.15, -0.1) is 0 Å². The summed E-state index contributed by atoms with van der Waals surface area (Å²) in [6.45, 7) is 0.578. The van der Waals surface area contributed by atoms with Crippen LogP contribution in [0.2, 0.25) is 0 Å². The third kappa shape index (κ3) is 4.83. The fourth-order valence-corrected chi connectivity index (χ4v) is 5.82. The normalized spacial score (nSPS) is 17.4. The van der Waals surface area contributed by atoms with E-state index in [4.69, 9.17) is 0 Å². The lowest BCUT2D eigenvalue weighted by atomic mass is 9.97. The molecule has 2 fully saturated rings. The number of carbonyl (C=O) groups is 2. The van der Waals surface area contributed by atoms with Crippen LogP contribution < -0.4 is 10.6 Å². The van der Waals surface area contributed by atoms with Gasteiger partial charge < -0.3 is 10.6 Å². The van der Waals surface area contributed by atoms with Crippen molar-refractivity contribution in [3.8, 4) is 0 Å². The molecule has 1 heterocycles. The minimum atomic E-state index is -3.62. The second kappa shape index (κ2) is 9.19. The van der Waals surface area contributed by atoms with Crippen LogP contribution in [0.1, 0.15) is 36.0 Å². The second-order valence-corrected chi connectivity index (χ2v) is 10.9. The Morgan fingerprint density at radius 3 is 2.29 bits per heavy atom. The van der Waals surface area contributed by atoms with E-state index in [-0.39, 0.29) is 41.8 Å². The third-order valence-electron chi connectivity index (χ3n) is 6.49. The highest BCUT2D eigenvalue weighted by Gasteiger charge is 2.32. The highest BCUT2D eigenvalue weighted by Crippen LogP contribution is 2.27. The number of hydrogen-bond acceptors (Lipinski definition) is 4. The molecule has 1 saturated heterocycles. The molecule has 1 saturated carbocycles. The Labute approximate surface area is 199 Å². The Kier molecular flexibility index (Phi) is 6.10. The molecule has 0 spiro atoms. The van der Waals surface area contributed by atoms with Crippen molar-refractivity contribution in [3.63, 3.8) is 0 Å². The first kappa shape index (κ1) is 22.6. The molecule has 3 aromatic carbocycles. The van der Waals surface area contributed by atoms with E-state index in [1.165, 1.54) is 4.31 Å². The molecule has 7 nitrogen and oxygen atoms in total. The molecule has 1 aliphatic heterocycles. The van der Waals surface area contributed by atoms with Crippen molar-refractivity contribution in [3.05, 3.63) is 72.3 Å². The number of amides is 2. The predicted octanol–water partition coefficient (Wildman–Crippen LogP) is 3.77. The van der Waals surface area contributed by atoms with Gasteiger partial charge in [0.1, 0.15) is 0 Å². The van der Waals surface area contributed by atoms with Crippen molar-refractivity contribution in [1.29, 1.82) is 0 Å². The summed E-state index contributed by atoms with van der Waals surface area (Å²) in [4.78, 5) is 25.4. The van der Waals surface area contributed by atoms with Crippen LogP contribution in [0.5, 0.6) is 0 Å². The Hall–Kier alpha value is -3.23. The summed E-state index contributed by atoms with van der Waals surface area (Å²) in [5.74, 6) is -0.569. The van der Waals surface area contributed by atoms with Gasteiger partial charge in [-0.1, -0.05) is 36.4 Å². The van der Waals surface area contributed by atoms with E-state index >= 15 is 0 Å². The van der Waals surface area contributed by atoms with Gasteiger partial charge in [-0.3, -0.25) is 9.59 Å².